The minimum Gasteiger partial charge on any atom is -0.389 e. The van der Waals surface area contributed by atoms with Gasteiger partial charge in [0.15, 0.2) is 0 Å². The van der Waals surface area contributed by atoms with Crippen LogP contribution in [0.25, 0.3) is 0 Å². The molecule has 0 spiro atoms. The monoisotopic (exact) mass is 258 g/mol. The molecule has 18 heavy (non-hydrogen) atoms. The Bertz CT molecular complexity index is 210. The van der Waals surface area contributed by atoms with Gasteiger partial charge in [-0.05, 0) is 33.2 Å². The van der Waals surface area contributed by atoms with E-state index in [0.29, 0.717) is 19.2 Å². The van der Waals surface area contributed by atoms with Crippen molar-refractivity contribution in [1.29, 1.82) is 0 Å². The molecule has 108 valence electrons. The van der Waals surface area contributed by atoms with Gasteiger partial charge < -0.3 is 15.2 Å². The fourth-order valence-electron chi connectivity index (χ4n) is 1.97. The van der Waals surface area contributed by atoms with Crippen LogP contribution in [0.15, 0.2) is 0 Å². The van der Waals surface area contributed by atoms with Gasteiger partial charge in [-0.1, -0.05) is 13.3 Å². The van der Waals surface area contributed by atoms with E-state index >= 15 is 0 Å². The quantitative estimate of drug-likeness (QED) is 0.547. The van der Waals surface area contributed by atoms with E-state index in [1.807, 2.05) is 0 Å². The zero-order chi connectivity index (χ0) is 13.4. The van der Waals surface area contributed by atoms with E-state index < -0.39 is 0 Å². The first-order valence-corrected chi connectivity index (χ1v) is 7.33. The van der Waals surface area contributed by atoms with Crippen molar-refractivity contribution in [2.45, 2.75) is 57.7 Å². The summed E-state index contributed by atoms with van der Waals surface area (Å²) in [6.07, 6.45) is 4.51. The van der Waals surface area contributed by atoms with Gasteiger partial charge in [-0.25, -0.2) is 0 Å². The van der Waals surface area contributed by atoms with E-state index in [0.717, 1.165) is 32.0 Å². The first kappa shape index (κ1) is 15.9. The highest BCUT2D eigenvalue weighted by Crippen LogP contribution is 2.26. The maximum Gasteiger partial charge on any atom is 0.0897 e. The molecule has 0 saturated heterocycles. The van der Waals surface area contributed by atoms with Crippen LogP contribution < -0.4 is 5.32 Å². The van der Waals surface area contributed by atoms with Crippen molar-refractivity contribution in [3.8, 4) is 0 Å². The molecule has 0 aromatic rings. The predicted octanol–water partition coefficient (Wildman–Crippen LogP) is 1.24. The van der Waals surface area contributed by atoms with Crippen molar-refractivity contribution < 1.29 is 9.84 Å². The van der Waals surface area contributed by atoms with E-state index in [-0.39, 0.29) is 6.10 Å². The van der Waals surface area contributed by atoms with Gasteiger partial charge in [0, 0.05) is 31.8 Å². The number of nitrogens with zero attached hydrogens (tertiary/aromatic N) is 1. The van der Waals surface area contributed by atoms with Gasteiger partial charge in [-0.2, -0.15) is 0 Å². The molecule has 0 bridgehead atoms. The Labute approximate surface area is 112 Å². The number of likely N-dealkylation sites (N-methyl/N-ethyl adjacent to an activating group) is 1. The van der Waals surface area contributed by atoms with E-state index in [1.54, 1.807) is 0 Å². The van der Waals surface area contributed by atoms with E-state index in [9.17, 15) is 5.11 Å². The molecule has 1 rings (SSSR count). The summed E-state index contributed by atoms with van der Waals surface area (Å²) in [6.45, 7) is 7.12. The highest BCUT2D eigenvalue weighted by molar-refractivity contribution is 4.85. The molecule has 1 aliphatic rings. The Morgan fingerprint density at radius 2 is 2.11 bits per heavy atom. The molecule has 1 saturated carbocycles. The highest BCUT2D eigenvalue weighted by atomic mass is 16.5. The van der Waals surface area contributed by atoms with Crippen molar-refractivity contribution in [3.63, 3.8) is 0 Å². The minimum absolute atomic E-state index is 0.389. The summed E-state index contributed by atoms with van der Waals surface area (Å²) in [5.41, 5.74) is 0. The smallest absolute Gasteiger partial charge is 0.0897 e. The topological polar surface area (TPSA) is 44.7 Å². The summed E-state index contributed by atoms with van der Waals surface area (Å²) in [4.78, 5) is 2.43. The molecular formula is C14H30N2O2. The number of ether oxygens (including phenoxy) is 1. The average molecular weight is 258 g/mol. The summed E-state index contributed by atoms with van der Waals surface area (Å²) < 4.78 is 5.39. The number of hydrogen-bond acceptors (Lipinski definition) is 4. The molecular weight excluding hydrogens is 228 g/mol. The summed E-state index contributed by atoms with van der Waals surface area (Å²) in [5.74, 6) is 0. The second-order valence-corrected chi connectivity index (χ2v) is 5.49. The van der Waals surface area contributed by atoms with Gasteiger partial charge >= 0.3 is 0 Å². The van der Waals surface area contributed by atoms with Crippen molar-refractivity contribution in [2.75, 3.05) is 33.4 Å². The molecule has 2 atom stereocenters. The van der Waals surface area contributed by atoms with E-state index in [4.69, 9.17) is 4.74 Å². The standard InChI is InChI=1S/C14H30N2O2/c1-4-5-8-18-11-14(17)10-15-9-12(2)16(3)13-6-7-13/h12-15,17H,4-11H2,1-3H3. The fourth-order valence-corrected chi connectivity index (χ4v) is 1.97. The third-order valence-corrected chi connectivity index (χ3v) is 3.59. The molecule has 2 unspecified atom stereocenters. The molecule has 0 aromatic heterocycles. The third kappa shape index (κ3) is 6.69. The van der Waals surface area contributed by atoms with E-state index in [2.05, 4.69) is 31.1 Å². The summed E-state index contributed by atoms with van der Waals surface area (Å²) in [7, 11) is 2.19. The van der Waals surface area contributed by atoms with Gasteiger partial charge in [-0.3, -0.25) is 4.90 Å². The molecule has 1 fully saturated rings. The Morgan fingerprint density at radius 3 is 2.72 bits per heavy atom. The Hall–Kier alpha value is -0.160. The number of aliphatic hydroxyl groups excluding tert-OH is 1. The van der Waals surface area contributed by atoms with Crippen LogP contribution >= 0.6 is 0 Å². The first-order valence-electron chi connectivity index (χ1n) is 7.33. The van der Waals surface area contributed by atoms with E-state index in [1.165, 1.54) is 12.8 Å². The third-order valence-electron chi connectivity index (χ3n) is 3.59. The molecule has 4 heteroatoms. The number of rotatable bonds is 11. The zero-order valence-electron chi connectivity index (χ0n) is 12.2. The molecule has 1 aliphatic carbocycles. The number of aliphatic hydroxyl groups is 1. The van der Waals surface area contributed by atoms with Crippen molar-refractivity contribution in [2.24, 2.45) is 0 Å². The van der Waals surface area contributed by atoms with Crippen LogP contribution in [-0.4, -0.2) is 61.5 Å². The predicted molar refractivity (Wildman–Crippen MR) is 74.9 cm³/mol. The molecule has 0 amide bonds. The van der Waals surface area contributed by atoms with Crippen LogP contribution in [-0.2, 0) is 4.74 Å². The Kier molecular flexibility index (Phi) is 7.82. The van der Waals surface area contributed by atoms with Crippen molar-refractivity contribution in [1.82, 2.24) is 10.2 Å². The summed E-state index contributed by atoms with van der Waals surface area (Å²) in [6, 6.07) is 1.33. The Balaban J connectivity index is 1.95. The number of unbranched alkanes of at least 4 members (excludes halogenated alkanes) is 1. The highest BCUT2D eigenvalue weighted by Gasteiger charge is 2.28. The van der Waals surface area contributed by atoms with Crippen LogP contribution in [0.5, 0.6) is 0 Å². The van der Waals surface area contributed by atoms with Crippen molar-refractivity contribution >= 4 is 0 Å². The second kappa shape index (κ2) is 8.86. The molecule has 4 nitrogen and oxygen atoms in total. The Morgan fingerprint density at radius 1 is 1.39 bits per heavy atom. The maximum atomic E-state index is 9.72. The molecule has 0 heterocycles. The summed E-state index contributed by atoms with van der Waals surface area (Å²) in [5, 5.41) is 13.0. The lowest BCUT2D eigenvalue weighted by molar-refractivity contribution is 0.0352. The summed E-state index contributed by atoms with van der Waals surface area (Å²) >= 11 is 0. The van der Waals surface area contributed by atoms with Gasteiger partial charge in [0.1, 0.15) is 0 Å². The average Bonchev–Trinajstić information content (AvgIpc) is 3.17. The lowest BCUT2D eigenvalue weighted by Gasteiger charge is -2.25. The zero-order valence-corrected chi connectivity index (χ0v) is 12.2. The van der Waals surface area contributed by atoms with Gasteiger partial charge in [-0.15, -0.1) is 0 Å². The molecule has 0 radical (unpaired) electrons. The normalized spacial score (nSPS) is 19.2. The van der Waals surface area contributed by atoms with Gasteiger partial charge in [0.25, 0.3) is 0 Å². The maximum absolute atomic E-state index is 9.72. The largest absolute Gasteiger partial charge is 0.389 e. The van der Waals surface area contributed by atoms with Gasteiger partial charge in [0.2, 0.25) is 0 Å². The van der Waals surface area contributed by atoms with Crippen molar-refractivity contribution in [3.05, 3.63) is 0 Å². The number of hydrogen-bond donors (Lipinski definition) is 2. The number of nitrogens with one attached hydrogen (secondary N) is 1. The van der Waals surface area contributed by atoms with Crippen LogP contribution in [0.3, 0.4) is 0 Å². The lowest BCUT2D eigenvalue weighted by atomic mass is 10.2. The minimum atomic E-state index is -0.389. The van der Waals surface area contributed by atoms with Crippen LogP contribution in [0.2, 0.25) is 0 Å². The SMILES string of the molecule is CCCCOCC(O)CNCC(C)N(C)C1CC1. The molecule has 0 aromatic carbocycles. The van der Waals surface area contributed by atoms with Crippen LogP contribution in [0.4, 0.5) is 0 Å². The second-order valence-electron chi connectivity index (χ2n) is 5.49. The fraction of sp³-hybridized carbons (Fsp3) is 1.00. The first-order chi connectivity index (χ1) is 8.65. The van der Waals surface area contributed by atoms with Gasteiger partial charge in [0.05, 0.1) is 12.7 Å². The molecule has 0 aliphatic heterocycles. The van der Waals surface area contributed by atoms with Crippen LogP contribution in [0.1, 0.15) is 39.5 Å². The molecule has 2 N–H and O–H groups in total. The lowest BCUT2D eigenvalue weighted by Crippen LogP contribution is -2.41. The van der Waals surface area contributed by atoms with Crippen LogP contribution in [0, 0.1) is 0 Å².